The quantitative estimate of drug-likeness (QED) is 0.629. The second-order valence-corrected chi connectivity index (χ2v) is 4.24. The zero-order chi connectivity index (χ0) is 14.8. The van der Waals surface area contributed by atoms with Crippen LogP contribution in [0.15, 0.2) is 30.3 Å². The van der Waals surface area contributed by atoms with Crippen molar-refractivity contribution in [1.29, 1.82) is 0 Å². The zero-order valence-electron chi connectivity index (χ0n) is 11.5. The van der Waals surface area contributed by atoms with Gasteiger partial charge in [0.15, 0.2) is 0 Å². The van der Waals surface area contributed by atoms with Crippen LogP contribution in [0.2, 0.25) is 0 Å². The molecule has 0 saturated heterocycles. The first-order chi connectivity index (χ1) is 9.63. The molecule has 0 spiro atoms. The number of aliphatic carboxylic acids is 1. The Bertz CT molecular complexity index is 422. The van der Waals surface area contributed by atoms with Crippen molar-refractivity contribution >= 4 is 12.0 Å². The van der Waals surface area contributed by atoms with Gasteiger partial charge in [-0.2, -0.15) is 0 Å². The number of hydrogen-bond donors (Lipinski definition) is 3. The molecule has 0 heterocycles. The van der Waals surface area contributed by atoms with Crippen LogP contribution in [0.25, 0.3) is 0 Å². The summed E-state index contributed by atoms with van der Waals surface area (Å²) in [6.45, 7) is 2.60. The number of urea groups is 1. The van der Waals surface area contributed by atoms with Gasteiger partial charge >= 0.3 is 12.0 Å². The molecule has 0 fully saturated rings. The first-order valence-corrected chi connectivity index (χ1v) is 6.55. The van der Waals surface area contributed by atoms with Crippen LogP contribution in [0.4, 0.5) is 4.79 Å². The fourth-order valence-corrected chi connectivity index (χ4v) is 1.53. The summed E-state index contributed by atoms with van der Waals surface area (Å²) in [4.78, 5) is 22.2. The lowest BCUT2D eigenvalue weighted by Crippen LogP contribution is -2.41. The largest absolute Gasteiger partial charge is 0.492 e. The van der Waals surface area contributed by atoms with Gasteiger partial charge in [-0.25, -0.2) is 4.79 Å². The molecule has 6 nitrogen and oxygen atoms in total. The fourth-order valence-electron chi connectivity index (χ4n) is 1.53. The van der Waals surface area contributed by atoms with Crippen molar-refractivity contribution in [1.82, 2.24) is 10.6 Å². The Morgan fingerprint density at radius 3 is 2.55 bits per heavy atom. The average molecular weight is 280 g/mol. The second kappa shape index (κ2) is 8.79. The van der Waals surface area contributed by atoms with Gasteiger partial charge < -0.3 is 20.5 Å². The van der Waals surface area contributed by atoms with E-state index in [1.54, 1.807) is 6.92 Å². The third-order valence-electron chi connectivity index (χ3n) is 2.75. The van der Waals surface area contributed by atoms with Gasteiger partial charge in [0.25, 0.3) is 0 Å². The van der Waals surface area contributed by atoms with Crippen LogP contribution >= 0.6 is 0 Å². The van der Waals surface area contributed by atoms with Crippen molar-refractivity contribution < 1.29 is 19.4 Å². The monoisotopic (exact) mass is 280 g/mol. The minimum atomic E-state index is -0.903. The van der Waals surface area contributed by atoms with Crippen molar-refractivity contribution in [3.63, 3.8) is 0 Å². The minimum Gasteiger partial charge on any atom is -0.492 e. The SMILES string of the molecule is CCC(CNC(=O)NCCOc1ccccc1)C(=O)O. The minimum absolute atomic E-state index is 0.122. The zero-order valence-corrected chi connectivity index (χ0v) is 11.5. The molecule has 1 atom stereocenters. The normalized spacial score (nSPS) is 11.4. The van der Waals surface area contributed by atoms with Crippen LogP contribution in [0.5, 0.6) is 5.75 Å². The van der Waals surface area contributed by atoms with Gasteiger partial charge in [-0.3, -0.25) is 4.79 Å². The van der Waals surface area contributed by atoms with Crippen LogP contribution in [0.1, 0.15) is 13.3 Å². The molecule has 0 aliphatic carbocycles. The van der Waals surface area contributed by atoms with Gasteiger partial charge in [-0.05, 0) is 18.6 Å². The summed E-state index contributed by atoms with van der Waals surface area (Å²) in [5, 5.41) is 14.0. The number of carboxylic acid groups (broad SMARTS) is 1. The van der Waals surface area contributed by atoms with Gasteiger partial charge in [0.2, 0.25) is 0 Å². The van der Waals surface area contributed by atoms with E-state index in [1.807, 2.05) is 30.3 Å². The first kappa shape index (κ1) is 15.8. The molecule has 0 aliphatic heterocycles. The van der Waals surface area contributed by atoms with E-state index in [-0.39, 0.29) is 12.6 Å². The third kappa shape index (κ3) is 6.08. The van der Waals surface area contributed by atoms with E-state index in [1.165, 1.54) is 0 Å². The lowest BCUT2D eigenvalue weighted by molar-refractivity contribution is -0.141. The molecule has 6 heteroatoms. The topological polar surface area (TPSA) is 87.7 Å². The number of amides is 2. The number of carbonyl (C=O) groups excluding carboxylic acids is 1. The molecule has 0 bridgehead atoms. The van der Waals surface area contributed by atoms with Crippen LogP contribution in [0, 0.1) is 5.92 Å². The van der Waals surface area contributed by atoms with Crippen molar-refractivity contribution in [2.75, 3.05) is 19.7 Å². The summed E-state index contributed by atoms with van der Waals surface area (Å²) in [6.07, 6.45) is 0.479. The number of benzene rings is 1. The second-order valence-electron chi connectivity index (χ2n) is 4.24. The molecule has 0 radical (unpaired) electrons. The molecule has 1 aromatic carbocycles. The van der Waals surface area contributed by atoms with E-state index >= 15 is 0 Å². The number of para-hydroxylation sites is 1. The van der Waals surface area contributed by atoms with Gasteiger partial charge in [0.05, 0.1) is 12.5 Å². The molecule has 20 heavy (non-hydrogen) atoms. The van der Waals surface area contributed by atoms with E-state index in [4.69, 9.17) is 9.84 Å². The third-order valence-corrected chi connectivity index (χ3v) is 2.75. The fraction of sp³-hybridized carbons (Fsp3) is 0.429. The predicted molar refractivity (Wildman–Crippen MR) is 74.8 cm³/mol. The molecule has 3 N–H and O–H groups in total. The maximum absolute atomic E-state index is 11.4. The Labute approximate surface area is 118 Å². The maximum Gasteiger partial charge on any atom is 0.314 e. The smallest absolute Gasteiger partial charge is 0.314 e. The van der Waals surface area contributed by atoms with Crippen molar-refractivity contribution in [3.05, 3.63) is 30.3 Å². The average Bonchev–Trinajstić information content (AvgIpc) is 2.45. The number of rotatable bonds is 8. The summed E-state index contributed by atoms with van der Waals surface area (Å²) in [7, 11) is 0. The summed E-state index contributed by atoms with van der Waals surface area (Å²) in [5.41, 5.74) is 0. The molecule has 0 aromatic heterocycles. The first-order valence-electron chi connectivity index (χ1n) is 6.55. The van der Waals surface area contributed by atoms with Gasteiger partial charge in [0, 0.05) is 6.54 Å². The molecule has 1 unspecified atom stereocenters. The summed E-state index contributed by atoms with van der Waals surface area (Å²) in [6, 6.07) is 8.91. The molecule has 1 aromatic rings. The molecule has 0 saturated carbocycles. The summed E-state index contributed by atoms with van der Waals surface area (Å²) >= 11 is 0. The molecular formula is C14H20N2O4. The van der Waals surface area contributed by atoms with E-state index in [0.29, 0.717) is 19.6 Å². The molecule has 110 valence electrons. The molecular weight excluding hydrogens is 260 g/mol. The highest BCUT2D eigenvalue weighted by atomic mass is 16.5. The number of carboxylic acids is 1. The molecule has 0 aliphatic rings. The highest BCUT2D eigenvalue weighted by Gasteiger charge is 2.15. The maximum atomic E-state index is 11.4. The van der Waals surface area contributed by atoms with Crippen molar-refractivity contribution in [2.24, 2.45) is 5.92 Å². The number of hydrogen-bond acceptors (Lipinski definition) is 3. The Hall–Kier alpha value is -2.24. The van der Waals surface area contributed by atoms with Crippen LogP contribution in [-0.2, 0) is 4.79 Å². The van der Waals surface area contributed by atoms with Gasteiger partial charge in [-0.15, -0.1) is 0 Å². The Balaban J connectivity index is 2.13. The van der Waals surface area contributed by atoms with E-state index in [2.05, 4.69) is 10.6 Å². The predicted octanol–water partition coefficient (Wildman–Crippen LogP) is 1.48. The summed E-state index contributed by atoms with van der Waals surface area (Å²) < 4.78 is 5.40. The lowest BCUT2D eigenvalue weighted by atomic mass is 10.1. The van der Waals surface area contributed by atoms with Crippen LogP contribution in [-0.4, -0.2) is 36.8 Å². The van der Waals surface area contributed by atoms with Crippen LogP contribution in [0.3, 0.4) is 0 Å². The highest BCUT2D eigenvalue weighted by Crippen LogP contribution is 2.07. The summed E-state index contributed by atoms with van der Waals surface area (Å²) in [5.74, 6) is -0.715. The molecule has 1 rings (SSSR count). The Morgan fingerprint density at radius 2 is 1.95 bits per heavy atom. The Kier molecular flexibility index (Phi) is 6.95. The van der Waals surface area contributed by atoms with Gasteiger partial charge in [0.1, 0.15) is 12.4 Å². The van der Waals surface area contributed by atoms with Crippen LogP contribution < -0.4 is 15.4 Å². The number of ether oxygens (including phenoxy) is 1. The van der Waals surface area contributed by atoms with Crippen molar-refractivity contribution in [3.8, 4) is 5.75 Å². The standard InChI is InChI=1S/C14H20N2O4/c1-2-11(13(17)18)10-16-14(19)15-8-9-20-12-6-4-3-5-7-12/h3-7,11H,2,8-10H2,1H3,(H,17,18)(H2,15,16,19). The number of nitrogens with one attached hydrogen (secondary N) is 2. The lowest BCUT2D eigenvalue weighted by Gasteiger charge is -2.12. The molecule has 2 amide bonds. The van der Waals surface area contributed by atoms with E-state index < -0.39 is 11.9 Å². The van der Waals surface area contributed by atoms with Gasteiger partial charge in [-0.1, -0.05) is 25.1 Å². The van der Waals surface area contributed by atoms with E-state index in [0.717, 1.165) is 5.75 Å². The van der Waals surface area contributed by atoms with E-state index in [9.17, 15) is 9.59 Å². The number of carbonyl (C=O) groups is 2. The highest BCUT2D eigenvalue weighted by molar-refractivity contribution is 5.75. The Morgan fingerprint density at radius 1 is 1.25 bits per heavy atom. The van der Waals surface area contributed by atoms with Crippen molar-refractivity contribution in [2.45, 2.75) is 13.3 Å².